The van der Waals surface area contributed by atoms with Crippen molar-refractivity contribution < 1.29 is 47.8 Å². The van der Waals surface area contributed by atoms with Crippen LogP contribution in [0.15, 0.2) is 0 Å². The lowest BCUT2D eigenvalue weighted by atomic mass is 10.1. The van der Waals surface area contributed by atoms with E-state index in [1.165, 1.54) is 6.42 Å². The van der Waals surface area contributed by atoms with Gasteiger partial charge in [0.1, 0.15) is 12.7 Å². The van der Waals surface area contributed by atoms with Crippen LogP contribution >= 0.6 is 7.82 Å². The number of carbonyl (C=O) groups excluding carboxylic acids is 2. The Morgan fingerprint density at radius 1 is 0.743 bits per heavy atom. The maximum absolute atomic E-state index is 12.2. The Morgan fingerprint density at radius 3 is 1.77 bits per heavy atom. The molecule has 10 nitrogen and oxygen atoms in total. The van der Waals surface area contributed by atoms with Crippen LogP contribution in [0.1, 0.15) is 104 Å². The first-order valence-electron chi connectivity index (χ1n) is 13.0. The third-order valence-corrected chi connectivity index (χ3v) is 6.21. The highest BCUT2D eigenvalue weighted by molar-refractivity contribution is 7.47. The number of aliphatic hydroxyl groups excluding tert-OH is 2. The van der Waals surface area contributed by atoms with E-state index >= 15 is 0 Å². The van der Waals surface area contributed by atoms with Crippen molar-refractivity contribution in [2.75, 3.05) is 26.4 Å². The van der Waals surface area contributed by atoms with Crippen LogP contribution in [-0.4, -0.2) is 65.7 Å². The fourth-order valence-corrected chi connectivity index (χ4v) is 3.96. The number of phosphoric ester groups is 1. The maximum Gasteiger partial charge on any atom is 0.472 e. The van der Waals surface area contributed by atoms with Crippen molar-refractivity contribution in [1.29, 1.82) is 0 Å². The molecule has 0 amide bonds. The van der Waals surface area contributed by atoms with Gasteiger partial charge in [0.15, 0.2) is 6.10 Å². The first kappa shape index (κ1) is 34.0. The van der Waals surface area contributed by atoms with E-state index in [2.05, 4.69) is 18.4 Å². The van der Waals surface area contributed by atoms with E-state index < -0.39 is 51.8 Å². The Balaban J connectivity index is 4.57. The summed E-state index contributed by atoms with van der Waals surface area (Å²) in [4.78, 5) is 34.0. The molecule has 0 fully saturated rings. The molecular weight excluding hydrogens is 479 g/mol. The quantitative estimate of drug-likeness (QED) is 0.0936. The van der Waals surface area contributed by atoms with Gasteiger partial charge in [-0.25, -0.2) is 4.57 Å². The van der Waals surface area contributed by atoms with E-state index in [1.54, 1.807) is 0 Å². The second-order valence-corrected chi connectivity index (χ2v) is 10.2. The predicted molar refractivity (Wildman–Crippen MR) is 132 cm³/mol. The van der Waals surface area contributed by atoms with Crippen LogP contribution < -0.4 is 0 Å². The number of esters is 2. The molecule has 0 aromatic rings. The van der Waals surface area contributed by atoms with E-state index in [-0.39, 0.29) is 19.4 Å². The number of carbonyl (C=O) groups is 2. The lowest BCUT2D eigenvalue weighted by molar-refractivity contribution is -0.161. The standard InChI is InChI=1S/C24H47O10P/c1-3-5-7-9-11-13-15-23(27)31-19-22(20-33-35(29,30)32-18-21(26)17-25)34-24(28)16-14-12-10-8-6-4-2/h21-22,25-26H,3-20H2,1-2H3,(H,29,30)/t21-,22+/m1/s1. The summed E-state index contributed by atoms with van der Waals surface area (Å²) in [5.41, 5.74) is 0. The molecule has 0 saturated carbocycles. The van der Waals surface area contributed by atoms with Crippen LogP contribution in [-0.2, 0) is 32.7 Å². The highest BCUT2D eigenvalue weighted by Gasteiger charge is 2.27. The molecule has 1 unspecified atom stereocenters. The zero-order valence-electron chi connectivity index (χ0n) is 21.5. The van der Waals surface area contributed by atoms with Crippen molar-refractivity contribution in [2.45, 2.75) is 116 Å². The zero-order valence-corrected chi connectivity index (χ0v) is 22.4. The largest absolute Gasteiger partial charge is 0.472 e. The van der Waals surface area contributed by atoms with Crippen molar-refractivity contribution in [3.8, 4) is 0 Å². The normalized spacial score (nSPS) is 14.8. The van der Waals surface area contributed by atoms with Gasteiger partial charge in [-0.05, 0) is 12.8 Å². The number of ether oxygens (including phenoxy) is 2. The Bertz CT molecular complexity index is 587. The smallest absolute Gasteiger partial charge is 0.462 e. The molecule has 0 aliphatic heterocycles. The summed E-state index contributed by atoms with van der Waals surface area (Å²) >= 11 is 0. The molecule has 11 heteroatoms. The van der Waals surface area contributed by atoms with Gasteiger partial charge in [-0.3, -0.25) is 18.6 Å². The summed E-state index contributed by atoms with van der Waals surface area (Å²) in [6.07, 6.45) is 10.2. The van der Waals surface area contributed by atoms with Crippen molar-refractivity contribution in [1.82, 2.24) is 0 Å². The van der Waals surface area contributed by atoms with Crippen LogP contribution in [0, 0.1) is 0 Å². The van der Waals surface area contributed by atoms with Gasteiger partial charge in [0.25, 0.3) is 0 Å². The van der Waals surface area contributed by atoms with E-state index in [0.29, 0.717) is 12.8 Å². The van der Waals surface area contributed by atoms with Crippen LogP contribution in [0.5, 0.6) is 0 Å². The number of aliphatic hydroxyl groups is 2. The van der Waals surface area contributed by atoms with Crippen molar-refractivity contribution >= 4 is 19.8 Å². The molecule has 0 aromatic carbocycles. The fourth-order valence-electron chi connectivity index (χ4n) is 3.17. The molecule has 0 aliphatic rings. The second-order valence-electron chi connectivity index (χ2n) is 8.73. The average molecular weight is 527 g/mol. The van der Waals surface area contributed by atoms with Crippen LogP contribution in [0.3, 0.4) is 0 Å². The van der Waals surface area contributed by atoms with Crippen molar-refractivity contribution in [3.05, 3.63) is 0 Å². The summed E-state index contributed by atoms with van der Waals surface area (Å²) in [7, 11) is -4.58. The Labute approximate surface area is 210 Å². The fraction of sp³-hybridized carbons (Fsp3) is 0.917. The molecule has 3 N–H and O–H groups in total. The first-order chi connectivity index (χ1) is 16.7. The van der Waals surface area contributed by atoms with E-state index in [4.69, 9.17) is 19.1 Å². The Hall–Kier alpha value is -1.03. The Morgan fingerprint density at radius 2 is 1.23 bits per heavy atom. The molecule has 0 rings (SSSR count). The molecule has 0 heterocycles. The molecule has 3 atom stereocenters. The Kier molecular flexibility index (Phi) is 21.5. The minimum Gasteiger partial charge on any atom is -0.462 e. The van der Waals surface area contributed by atoms with Gasteiger partial charge in [0.05, 0.1) is 19.8 Å². The van der Waals surface area contributed by atoms with Crippen LogP contribution in [0.25, 0.3) is 0 Å². The number of hydrogen-bond acceptors (Lipinski definition) is 9. The van der Waals surface area contributed by atoms with Crippen molar-refractivity contribution in [3.63, 3.8) is 0 Å². The van der Waals surface area contributed by atoms with Gasteiger partial charge >= 0.3 is 19.8 Å². The molecule has 0 bridgehead atoms. The van der Waals surface area contributed by atoms with Gasteiger partial charge < -0.3 is 24.6 Å². The lowest BCUT2D eigenvalue weighted by Gasteiger charge is -2.20. The van der Waals surface area contributed by atoms with Gasteiger partial charge in [0, 0.05) is 12.8 Å². The average Bonchev–Trinajstić information content (AvgIpc) is 2.83. The molecule has 0 spiro atoms. The SMILES string of the molecule is CCCCCCCCC(=O)OC[C@@H](COP(=O)(O)OC[C@H](O)CO)OC(=O)CCCCCCCC. The highest BCUT2D eigenvalue weighted by atomic mass is 31.2. The minimum atomic E-state index is -4.58. The van der Waals surface area contributed by atoms with Gasteiger partial charge in [-0.1, -0.05) is 78.1 Å². The summed E-state index contributed by atoms with van der Waals surface area (Å²) in [6, 6.07) is 0. The van der Waals surface area contributed by atoms with Crippen LogP contribution in [0.2, 0.25) is 0 Å². The third kappa shape index (κ3) is 21.9. The second kappa shape index (κ2) is 22.2. The van der Waals surface area contributed by atoms with Gasteiger partial charge in [-0.2, -0.15) is 0 Å². The summed E-state index contributed by atoms with van der Waals surface area (Å²) < 4.78 is 32.0. The van der Waals surface area contributed by atoms with Gasteiger partial charge in [-0.15, -0.1) is 0 Å². The van der Waals surface area contributed by atoms with Crippen molar-refractivity contribution in [2.24, 2.45) is 0 Å². The third-order valence-electron chi connectivity index (χ3n) is 5.26. The molecule has 0 aliphatic carbocycles. The monoisotopic (exact) mass is 526 g/mol. The minimum absolute atomic E-state index is 0.185. The van der Waals surface area contributed by atoms with E-state index in [9.17, 15) is 24.2 Å². The number of rotatable bonds is 24. The number of phosphoric acid groups is 1. The molecule has 35 heavy (non-hydrogen) atoms. The first-order valence-corrected chi connectivity index (χ1v) is 14.5. The predicted octanol–water partition coefficient (Wildman–Crippen LogP) is 4.43. The van der Waals surface area contributed by atoms with E-state index in [0.717, 1.165) is 57.8 Å². The number of hydrogen-bond donors (Lipinski definition) is 3. The highest BCUT2D eigenvalue weighted by Crippen LogP contribution is 2.43. The topological polar surface area (TPSA) is 149 Å². The summed E-state index contributed by atoms with van der Waals surface area (Å²) in [5.74, 6) is -0.947. The molecular formula is C24H47O10P. The summed E-state index contributed by atoms with van der Waals surface area (Å²) in [6.45, 7) is 2.17. The number of unbranched alkanes of at least 4 members (excludes halogenated alkanes) is 10. The van der Waals surface area contributed by atoms with E-state index in [1.807, 2.05) is 0 Å². The van der Waals surface area contributed by atoms with Gasteiger partial charge in [0.2, 0.25) is 0 Å². The summed E-state index contributed by atoms with van der Waals surface area (Å²) in [5, 5.41) is 18.0. The molecule has 208 valence electrons. The maximum atomic E-state index is 12.2. The molecule has 0 aromatic heterocycles. The lowest BCUT2D eigenvalue weighted by Crippen LogP contribution is -2.29. The van der Waals surface area contributed by atoms with Crippen LogP contribution in [0.4, 0.5) is 0 Å². The molecule has 0 radical (unpaired) electrons. The zero-order chi connectivity index (χ0) is 26.4. The molecule has 0 saturated heterocycles.